The molecule has 178 valence electrons. The van der Waals surface area contributed by atoms with Gasteiger partial charge in [0.15, 0.2) is 5.11 Å². The summed E-state index contributed by atoms with van der Waals surface area (Å²) in [4.78, 5) is 27.4. The molecule has 0 aliphatic heterocycles. The minimum Gasteiger partial charge on any atom is -0.339 e. The summed E-state index contributed by atoms with van der Waals surface area (Å²) < 4.78 is 0. The summed E-state index contributed by atoms with van der Waals surface area (Å²) >= 11 is 5.36. The molecule has 0 spiro atoms. The normalized spacial score (nSPS) is 11.7. The van der Waals surface area contributed by atoms with E-state index in [1.807, 2.05) is 36.1 Å². The van der Waals surface area contributed by atoms with Crippen molar-refractivity contribution in [3.63, 3.8) is 0 Å². The number of hydrogen-bond acceptors (Lipinski definition) is 3. The first-order valence-electron chi connectivity index (χ1n) is 11.8. The van der Waals surface area contributed by atoms with Gasteiger partial charge in [-0.3, -0.25) is 9.59 Å². The van der Waals surface area contributed by atoms with E-state index in [9.17, 15) is 9.59 Å². The van der Waals surface area contributed by atoms with Crippen LogP contribution in [0, 0.1) is 5.92 Å². The van der Waals surface area contributed by atoms with Crippen LogP contribution in [0.5, 0.6) is 0 Å². The Bertz CT molecular complexity index is 935. The molecule has 2 aromatic rings. The number of nitrogens with zero attached hydrogens (tertiary/aromatic N) is 1. The molecule has 5 nitrogen and oxygen atoms in total. The first-order chi connectivity index (χ1) is 15.7. The molecule has 6 heteroatoms. The second-order valence-electron chi connectivity index (χ2n) is 8.88. The summed E-state index contributed by atoms with van der Waals surface area (Å²) in [6.45, 7) is 11.8. The summed E-state index contributed by atoms with van der Waals surface area (Å²) in [6, 6.07) is 15.4. The smallest absolute Gasteiger partial charge is 0.253 e. The van der Waals surface area contributed by atoms with Crippen molar-refractivity contribution < 1.29 is 9.59 Å². The monoisotopic (exact) mass is 467 g/mol. The minimum atomic E-state index is -0.331. The third-order valence-electron chi connectivity index (χ3n) is 5.40. The van der Waals surface area contributed by atoms with Crippen LogP contribution in [0.4, 0.5) is 5.69 Å². The number of thiocarbonyl (C=S) groups is 1. The molecule has 2 amide bonds. The van der Waals surface area contributed by atoms with Gasteiger partial charge < -0.3 is 15.5 Å². The van der Waals surface area contributed by atoms with Crippen LogP contribution < -0.4 is 10.6 Å². The van der Waals surface area contributed by atoms with Crippen LogP contribution in [0.3, 0.4) is 0 Å². The summed E-state index contributed by atoms with van der Waals surface area (Å²) in [5, 5.41) is 6.02. The van der Waals surface area contributed by atoms with E-state index in [4.69, 9.17) is 12.2 Å². The first kappa shape index (κ1) is 26.5. The Kier molecular flexibility index (Phi) is 10.5. The van der Waals surface area contributed by atoms with Gasteiger partial charge in [0.25, 0.3) is 5.91 Å². The molecular formula is C27H37N3O2S. The summed E-state index contributed by atoms with van der Waals surface area (Å²) in [7, 11) is 0. The van der Waals surface area contributed by atoms with E-state index >= 15 is 0 Å². The number of benzene rings is 2. The average Bonchev–Trinajstić information content (AvgIpc) is 2.78. The fourth-order valence-electron chi connectivity index (χ4n) is 3.71. The number of carbonyl (C=O) groups excluding carboxylic acids is 2. The largest absolute Gasteiger partial charge is 0.339 e. The zero-order valence-electron chi connectivity index (χ0n) is 20.5. The maximum atomic E-state index is 12.9. The van der Waals surface area contributed by atoms with Crippen molar-refractivity contribution in [1.29, 1.82) is 0 Å². The standard InChI is InChI=1S/C27H37N3O2S/c1-6-15-30(16-7-2)26(32)23-9-8-10-24(18-23)28-27(33)29-25(31)20(5)22-13-11-21(12-14-22)17-19(3)4/h8-14,18-20H,6-7,15-17H2,1-5H3,(H2,28,29,31,33). The Morgan fingerprint density at radius 3 is 2.18 bits per heavy atom. The first-order valence-corrected chi connectivity index (χ1v) is 12.3. The van der Waals surface area contributed by atoms with Crippen molar-refractivity contribution in [2.45, 2.75) is 59.8 Å². The van der Waals surface area contributed by atoms with Crippen molar-refractivity contribution in [3.05, 3.63) is 65.2 Å². The van der Waals surface area contributed by atoms with Crippen molar-refractivity contribution in [3.8, 4) is 0 Å². The van der Waals surface area contributed by atoms with Gasteiger partial charge >= 0.3 is 0 Å². The number of rotatable bonds is 10. The zero-order valence-corrected chi connectivity index (χ0v) is 21.3. The predicted octanol–water partition coefficient (Wildman–Crippen LogP) is 5.76. The maximum Gasteiger partial charge on any atom is 0.253 e. The van der Waals surface area contributed by atoms with Gasteiger partial charge in [0.2, 0.25) is 5.91 Å². The van der Waals surface area contributed by atoms with Crippen LogP contribution in [0.2, 0.25) is 0 Å². The maximum absolute atomic E-state index is 12.9. The lowest BCUT2D eigenvalue weighted by molar-refractivity contribution is -0.120. The lowest BCUT2D eigenvalue weighted by Gasteiger charge is -2.22. The van der Waals surface area contributed by atoms with E-state index in [-0.39, 0.29) is 22.8 Å². The third kappa shape index (κ3) is 8.28. The van der Waals surface area contributed by atoms with Gasteiger partial charge in [0.1, 0.15) is 0 Å². The second-order valence-corrected chi connectivity index (χ2v) is 9.29. The Hall–Kier alpha value is -2.73. The van der Waals surface area contributed by atoms with Crippen molar-refractivity contribution in [1.82, 2.24) is 10.2 Å². The molecule has 1 atom stereocenters. The molecule has 2 aromatic carbocycles. The Labute approximate surface area is 204 Å². The van der Waals surface area contributed by atoms with Crippen LogP contribution in [0.15, 0.2) is 48.5 Å². The molecule has 33 heavy (non-hydrogen) atoms. The summed E-state index contributed by atoms with van der Waals surface area (Å²) in [5.41, 5.74) is 3.49. The number of amides is 2. The van der Waals surface area contributed by atoms with E-state index in [0.717, 1.165) is 37.9 Å². The number of hydrogen-bond donors (Lipinski definition) is 2. The molecule has 1 unspecified atom stereocenters. The quantitative estimate of drug-likeness (QED) is 0.436. The van der Waals surface area contributed by atoms with Gasteiger partial charge in [-0.05, 0) is 73.6 Å². The lowest BCUT2D eigenvalue weighted by Crippen LogP contribution is -2.37. The SMILES string of the molecule is CCCN(CCC)C(=O)c1cccc(NC(=S)NC(=O)C(C)c2ccc(CC(C)C)cc2)c1. The molecule has 0 heterocycles. The topological polar surface area (TPSA) is 61.4 Å². The van der Waals surface area contributed by atoms with Crippen LogP contribution in [0.25, 0.3) is 0 Å². The van der Waals surface area contributed by atoms with Gasteiger partial charge in [-0.25, -0.2) is 0 Å². The van der Waals surface area contributed by atoms with Crippen LogP contribution in [-0.4, -0.2) is 34.9 Å². The van der Waals surface area contributed by atoms with Gasteiger partial charge in [0, 0.05) is 24.3 Å². The van der Waals surface area contributed by atoms with Crippen LogP contribution >= 0.6 is 12.2 Å². The highest BCUT2D eigenvalue weighted by atomic mass is 32.1. The van der Waals surface area contributed by atoms with Gasteiger partial charge in [-0.15, -0.1) is 0 Å². The molecule has 0 aliphatic rings. The molecule has 0 aliphatic carbocycles. The highest BCUT2D eigenvalue weighted by molar-refractivity contribution is 7.80. The van der Waals surface area contributed by atoms with Gasteiger partial charge in [0.05, 0.1) is 5.92 Å². The molecule has 0 aromatic heterocycles. The highest BCUT2D eigenvalue weighted by Crippen LogP contribution is 2.18. The van der Waals surface area contributed by atoms with Crippen molar-refractivity contribution >= 4 is 34.8 Å². The van der Waals surface area contributed by atoms with E-state index in [1.54, 1.807) is 12.1 Å². The molecule has 0 radical (unpaired) electrons. The highest BCUT2D eigenvalue weighted by Gasteiger charge is 2.18. The number of anilines is 1. The lowest BCUT2D eigenvalue weighted by atomic mass is 9.96. The van der Waals surface area contributed by atoms with E-state index in [1.165, 1.54) is 5.56 Å². The Morgan fingerprint density at radius 2 is 1.61 bits per heavy atom. The van der Waals surface area contributed by atoms with E-state index < -0.39 is 0 Å². The minimum absolute atomic E-state index is 0.00633. The Balaban J connectivity index is 1.99. The Morgan fingerprint density at radius 1 is 0.970 bits per heavy atom. The second kappa shape index (κ2) is 13.1. The predicted molar refractivity (Wildman–Crippen MR) is 141 cm³/mol. The molecule has 2 N–H and O–H groups in total. The molecular weight excluding hydrogens is 430 g/mol. The van der Waals surface area contributed by atoms with E-state index in [2.05, 4.69) is 50.5 Å². The van der Waals surface area contributed by atoms with Crippen molar-refractivity contribution in [2.24, 2.45) is 5.92 Å². The van der Waals surface area contributed by atoms with Crippen molar-refractivity contribution in [2.75, 3.05) is 18.4 Å². The van der Waals surface area contributed by atoms with Gasteiger partial charge in [-0.1, -0.05) is 58.0 Å². The van der Waals surface area contributed by atoms with Crippen LogP contribution in [-0.2, 0) is 11.2 Å². The van der Waals surface area contributed by atoms with E-state index in [0.29, 0.717) is 17.2 Å². The average molecular weight is 468 g/mol. The molecule has 0 fully saturated rings. The molecule has 0 saturated heterocycles. The van der Waals surface area contributed by atoms with Gasteiger partial charge in [-0.2, -0.15) is 0 Å². The third-order valence-corrected chi connectivity index (χ3v) is 5.60. The molecule has 0 bridgehead atoms. The fraction of sp³-hybridized carbons (Fsp3) is 0.444. The molecule has 0 saturated carbocycles. The number of nitrogens with one attached hydrogen (secondary N) is 2. The zero-order chi connectivity index (χ0) is 24.4. The fourth-order valence-corrected chi connectivity index (χ4v) is 3.93. The summed E-state index contributed by atoms with van der Waals surface area (Å²) in [6.07, 6.45) is 2.85. The molecule has 2 rings (SSSR count). The number of carbonyl (C=O) groups is 2. The van der Waals surface area contributed by atoms with Crippen LogP contribution in [0.1, 0.15) is 74.9 Å². The summed E-state index contributed by atoms with van der Waals surface area (Å²) in [5.74, 6) is 0.0952.